The Bertz CT molecular complexity index is 492. The minimum Gasteiger partial charge on any atom is -0.294 e. The van der Waals surface area contributed by atoms with Crippen molar-refractivity contribution in [3.63, 3.8) is 0 Å². The molecule has 1 heteroatoms. The van der Waals surface area contributed by atoms with Crippen molar-refractivity contribution in [3.05, 3.63) is 0 Å². The van der Waals surface area contributed by atoms with Crippen LogP contribution in [0.3, 0.4) is 0 Å². The molecule has 1 nitrogen and oxygen atoms in total. The molecule has 5 saturated carbocycles. The number of nitrogens with zero attached hydrogens (tertiary/aromatic N) is 1. The summed E-state index contributed by atoms with van der Waals surface area (Å²) in [5, 5.41) is 0. The van der Waals surface area contributed by atoms with E-state index in [9.17, 15) is 0 Å². The van der Waals surface area contributed by atoms with Crippen molar-refractivity contribution in [2.75, 3.05) is 0 Å². The lowest BCUT2D eigenvalue weighted by molar-refractivity contribution is -0.0813. The fourth-order valence-corrected chi connectivity index (χ4v) is 9.37. The zero-order chi connectivity index (χ0) is 19.6. The lowest BCUT2D eigenvalue weighted by Crippen LogP contribution is -2.58. The molecule has 0 radical (unpaired) electrons. The Hall–Kier alpha value is -0.0400. The van der Waals surface area contributed by atoms with E-state index < -0.39 is 0 Å². The molecule has 0 aromatic carbocycles. The molecule has 0 N–H and O–H groups in total. The highest BCUT2D eigenvalue weighted by atomic mass is 15.2. The van der Waals surface area contributed by atoms with Crippen LogP contribution in [0.4, 0.5) is 0 Å². The van der Waals surface area contributed by atoms with Crippen LogP contribution in [0.15, 0.2) is 0 Å². The van der Waals surface area contributed by atoms with Crippen molar-refractivity contribution >= 4 is 0 Å². The van der Waals surface area contributed by atoms with Gasteiger partial charge in [0.05, 0.1) is 0 Å². The Morgan fingerprint density at radius 3 is 1.97 bits per heavy atom. The van der Waals surface area contributed by atoms with E-state index in [1.807, 2.05) is 0 Å². The molecule has 0 aromatic rings. The highest BCUT2D eigenvalue weighted by Gasteiger charge is 2.49. The lowest BCUT2D eigenvalue weighted by atomic mass is 9.54. The van der Waals surface area contributed by atoms with Crippen molar-refractivity contribution < 1.29 is 0 Å². The monoisotopic (exact) mass is 399 g/mol. The highest BCUT2D eigenvalue weighted by molar-refractivity contribution is 5.02. The van der Waals surface area contributed by atoms with Crippen molar-refractivity contribution in [2.24, 2.45) is 29.6 Å². The van der Waals surface area contributed by atoms with Gasteiger partial charge < -0.3 is 0 Å². The predicted molar refractivity (Wildman–Crippen MR) is 124 cm³/mol. The average Bonchev–Trinajstić information content (AvgIpc) is 2.78. The molecule has 5 rings (SSSR count). The average molecular weight is 400 g/mol. The summed E-state index contributed by atoms with van der Waals surface area (Å²) >= 11 is 0. The Labute approximate surface area is 181 Å². The van der Waals surface area contributed by atoms with Crippen LogP contribution >= 0.6 is 0 Å². The largest absolute Gasteiger partial charge is 0.294 e. The summed E-state index contributed by atoms with van der Waals surface area (Å²) in [6.45, 7) is 2.39. The van der Waals surface area contributed by atoms with Gasteiger partial charge >= 0.3 is 0 Å². The molecule has 0 bridgehead atoms. The molecular formula is C28H49N. The van der Waals surface area contributed by atoms with Gasteiger partial charge in [-0.25, -0.2) is 0 Å². The summed E-state index contributed by atoms with van der Waals surface area (Å²) in [4.78, 5) is 3.28. The van der Waals surface area contributed by atoms with Crippen molar-refractivity contribution in [1.82, 2.24) is 4.90 Å². The standard InChI is InChI=1S/C28H49N/c1-2-8-21-15-18-25(19-16-21)29(24-12-4-3-5-13-24)27-20-17-23-10-6-9-22-11-7-14-26(27)28(22)23/h21-28H,2-20H2,1H3. The second-order valence-electron chi connectivity index (χ2n) is 12.0. The molecule has 0 saturated heterocycles. The maximum absolute atomic E-state index is 3.28. The van der Waals surface area contributed by atoms with Crippen LogP contribution < -0.4 is 0 Å². The van der Waals surface area contributed by atoms with Crippen LogP contribution in [0.2, 0.25) is 0 Å². The summed E-state index contributed by atoms with van der Waals surface area (Å²) in [6, 6.07) is 2.85. The highest BCUT2D eigenvalue weighted by Crippen LogP contribution is 2.54. The molecule has 166 valence electrons. The maximum atomic E-state index is 3.28. The number of hydrogen-bond acceptors (Lipinski definition) is 1. The second-order valence-corrected chi connectivity index (χ2v) is 12.0. The molecule has 0 aliphatic heterocycles. The van der Waals surface area contributed by atoms with Gasteiger partial charge in [0, 0.05) is 18.1 Å². The van der Waals surface area contributed by atoms with E-state index in [1.165, 1.54) is 70.6 Å². The SMILES string of the molecule is CCCC1CCC(N(C2CCCCC2)C2CCC3CCCC4CCCC2C43)CC1. The molecule has 5 fully saturated rings. The Morgan fingerprint density at radius 2 is 1.24 bits per heavy atom. The Morgan fingerprint density at radius 1 is 0.586 bits per heavy atom. The zero-order valence-corrected chi connectivity index (χ0v) is 19.5. The molecular weight excluding hydrogens is 350 g/mol. The van der Waals surface area contributed by atoms with Gasteiger partial charge in [-0.2, -0.15) is 0 Å². The van der Waals surface area contributed by atoms with E-state index in [2.05, 4.69) is 11.8 Å². The summed E-state index contributed by atoms with van der Waals surface area (Å²) in [5.74, 6) is 5.48. The van der Waals surface area contributed by atoms with E-state index in [4.69, 9.17) is 0 Å². The third kappa shape index (κ3) is 4.33. The fourth-order valence-electron chi connectivity index (χ4n) is 9.37. The maximum Gasteiger partial charge on any atom is 0.0132 e. The second kappa shape index (κ2) is 9.62. The van der Waals surface area contributed by atoms with Gasteiger partial charge in [-0.05, 0) is 87.4 Å². The third-order valence-corrected chi connectivity index (χ3v) is 10.5. The summed E-state index contributed by atoms with van der Waals surface area (Å²) in [5.41, 5.74) is 0. The first kappa shape index (κ1) is 20.8. The summed E-state index contributed by atoms with van der Waals surface area (Å²) in [7, 11) is 0. The smallest absolute Gasteiger partial charge is 0.0132 e. The van der Waals surface area contributed by atoms with E-state index >= 15 is 0 Å². The molecule has 0 spiro atoms. The third-order valence-electron chi connectivity index (χ3n) is 10.5. The van der Waals surface area contributed by atoms with Crippen LogP contribution in [-0.2, 0) is 0 Å². The van der Waals surface area contributed by atoms with Gasteiger partial charge in [-0.15, -0.1) is 0 Å². The lowest BCUT2D eigenvalue weighted by Gasteiger charge is -2.58. The first-order valence-corrected chi connectivity index (χ1v) is 14.1. The van der Waals surface area contributed by atoms with E-state index in [0.717, 1.165) is 47.7 Å². The van der Waals surface area contributed by atoms with Gasteiger partial charge in [0.15, 0.2) is 0 Å². The minimum absolute atomic E-state index is 0.941. The topological polar surface area (TPSA) is 3.24 Å². The normalized spacial score (nSPS) is 43.9. The zero-order valence-electron chi connectivity index (χ0n) is 19.5. The fraction of sp³-hybridized carbons (Fsp3) is 1.00. The Kier molecular flexibility index (Phi) is 6.91. The first-order chi connectivity index (χ1) is 14.3. The summed E-state index contributed by atoms with van der Waals surface area (Å²) < 4.78 is 0. The van der Waals surface area contributed by atoms with Gasteiger partial charge in [-0.3, -0.25) is 4.90 Å². The molecule has 0 amide bonds. The van der Waals surface area contributed by atoms with Crippen molar-refractivity contribution in [1.29, 1.82) is 0 Å². The van der Waals surface area contributed by atoms with E-state index in [-0.39, 0.29) is 0 Å². The van der Waals surface area contributed by atoms with E-state index in [1.54, 1.807) is 51.4 Å². The van der Waals surface area contributed by atoms with Gasteiger partial charge in [0.25, 0.3) is 0 Å². The minimum atomic E-state index is 0.941. The molecule has 5 unspecified atom stereocenters. The van der Waals surface area contributed by atoms with Crippen molar-refractivity contribution in [2.45, 2.75) is 147 Å². The van der Waals surface area contributed by atoms with Gasteiger partial charge in [0.1, 0.15) is 0 Å². The predicted octanol–water partition coefficient (Wildman–Crippen LogP) is 7.98. The molecule has 0 heterocycles. The number of rotatable bonds is 5. The van der Waals surface area contributed by atoms with E-state index in [0.29, 0.717) is 0 Å². The first-order valence-electron chi connectivity index (χ1n) is 14.1. The van der Waals surface area contributed by atoms with Gasteiger partial charge in [0.2, 0.25) is 0 Å². The molecule has 29 heavy (non-hydrogen) atoms. The van der Waals surface area contributed by atoms with Crippen LogP contribution in [-0.4, -0.2) is 23.0 Å². The quantitative estimate of drug-likeness (QED) is 0.453. The molecule has 0 aromatic heterocycles. The summed E-state index contributed by atoms with van der Waals surface area (Å²) in [6.07, 6.45) is 29.2. The number of hydrogen-bond donors (Lipinski definition) is 0. The van der Waals surface area contributed by atoms with Crippen LogP contribution in [0.5, 0.6) is 0 Å². The molecule has 5 aliphatic carbocycles. The van der Waals surface area contributed by atoms with Crippen molar-refractivity contribution in [3.8, 4) is 0 Å². The van der Waals surface area contributed by atoms with Gasteiger partial charge in [-0.1, -0.05) is 71.1 Å². The Balaban J connectivity index is 1.36. The molecule has 5 aliphatic rings. The van der Waals surface area contributed by atoms with Crippen LogP contribution in [0.25, 0.3) is 0 Å². The van der Waals surface area contributed by atoms with Crippen LogP contribution in [0.1, 0.15) is 129 Å². The van der Waals surface area contributed by atoms with Crippen LogP contribution in [0, 0.1) is 29.6 Å². The molecule has 5 atom stereocenters.